The Morgan fingerprint density at radius 1 is 0.500 bits per heavy atom. The van der Waals surface area contributed by atoms with E-state index in [4.69, 9.17) is 18.9 Å². The van der Waals surface area contributed by atoms with E-state index in [1.54, 1.807) is 22.7 Å². The number of aryl methyl sites for hydroxylation is 2. The second kappa shape index (κ2) is 12.1. The number of ether oxygens (including phenoxy) is 4. The van der Waals surface area contributed by atoms with Gasteiger partial charge in [-0.25, -0.2) is 0 Å². The molecule has 272 valence electrons. The van der Waals surface area contributed by atoms with E-state index in [1.807, 2.05) is 38.1 Å². The van der Waals surface area contributed by atoms with Crippen molar-refractivity contribution in [1.82, 2.24) is 0 Å². The number of benzene rings is 4. The first-order valence-corrected chi connectivity index (χ1v) is 19.4. The summed E-state index contributed by atoms with van der Waals surface area (Å²) in [4.78, 5) is 54.6. The fraction of sp³-hybridized carbons (Fsp3) is 0.273. The summed E-state index contributed by atoms with van der Waals surface area (Å²) < 4.78 is 25.5. The molecule has 54 heavy (non-hydrogen) atoms. The number of hydrogen-bond acceptors (Lipinski definition) is 10. The molecular weight excluding hydrogens is 721 g/mol. The summed E-state index contributed by atoms with van der Waals surface area (Å²) in [7, 11) is 5.26. The van der Waals surface area contributed by atoms with Crippen LogP contribution in [0.4, 0.5) is 0 Å². The molecule has 0 fully saturated rings. The highest BCUT2D eigenvalue weighted by atomic mass is 32.1. The van der Waals surface area contributed by atoms with Crippen molar-refractivity contribution in [3.8, 4) is 0 Å². The zero-order chi connectivity index (χ0) is 37.8. The minimum absolute atomic E-state index is 0.131. The van der Waals surface area contributed by atoms with Gasteiger partial charge in [0, 0.05) is 75.8 Å². The molecule has 0 spiro atoms. The topological polar surface area (TPSA) is 105 Å². The van der Waals surface area contributed by atoms with Gasteiger partial charge in [-0.1, -0.05) is 36.4 Å². The van der Waals surface area contributed by atoms with Crippen molar-refractivity contribution in [1.29, 1.82) is 0 Å². The number of carbonyl (C=O) groups is 4. The lowest BCUT2D eigenvalue weighted by atomic mass is 9.84. The maximum atomic E-state index is 13.6. The smallest absolute Gasteiger partial charge is 0.323 e. The van der Waals surface area contributed by atoms with Crippen molar-refractivity contribution in [2.45, 2.75) is 39.5 Å². The average molecular weight is 757 g/mol. The SMILES string of the molecule is COC(=O)C1(C(=O)OC)Cc2c(C)cc3/c(c2C1)=c1\c(sc2ccccc12)=c1\cc(C)c2c(\c1=c1\c=3sc3ccccc13)CC(C(=O)OC)(C(=O)OC)C2. The van der Waals surface area contributed by atoms with Crippen LogP contribution < -0.4 is 0 Å². The van der Waals surface area contributed by atoms with Crippen molar-refractivity contribution in [2.24, 2.45) is 10.8 Å². The Balaban J connectivity index is 1.63. The molecule has 8 nitrogen and oxygen atoms in total. The monoisotopic (exact) mass is 756 g/mol. The third-order valence-corrected chi connectivity index (χ3v) is 14.4. The minimum atomic E-state index is -1.52. The number of methoxy groups -OCH3 is 4. The van der Waals surface area contributed by atoms with Gasteiger partial charge in [0.05, 0.1) is 28.4 Å². The summed E-state index contributed by atoms with van der Waals surface area (Å²) in [6.45, 7) is 4.08. The van der Waals surface area contributed by atoms with Crippen LogP contribution in [-0.2, 0) is 63.8 Å². The van der Waals surface area contributed by atoms with Crippen LogP contribution >= 0.6 is 22.7 Å². The fourth-order valence-electron chi connectivity index (χ4n) is 9.49. The quantitative estimate of drug-likeness (QED) is 0.107. The number of esters is 4. The van der Waals surface area contributed by atoms with Crippen molar-refractivity contribution in [3.63, 3.8) is 0 Å². The van der Waals surface area contributed by atoms with Gasteiger partial charge in [-0.2, -0.15) is 0 Å². The summed E-state index contributed by atoms with van der Waals surface area (Å²) in [6.07, 6.45) is 0.604. The van der Waals surface area contributed by atoms with Crippen LogP contribution in [0, 0.1) is 65.1 Å². The Morgan fingerprint density at radius 2 is 0.833 bits per heavy atom. The molecule has 0 amide bonds. The van der Waals surface area contributed by atoms with Gasteiger partial charge in [0.1, 0.15) is 0 Å². The van der Waals surface area contributed by atoms with E-state index in [0.29, 0.717) is 0 Å². The minimum Gasteiger partial charge on any atom is -0.468 e. The molecule has 0 N–H and O–H groups in total. The largest absolute Gasteiger partial charge is 0.468 e. The lowest BCUT2D eigenvalue weighted by Crippen LogP contribution is -2.42. The molecule has 0 bridgehead atoms. The van der Waals surface area contributed by atoms with Gasteiger partial charge in [0.2, 0.25) is 0 Å². The van der Waals surface area contributed by atoms with E-state index in [9.17, 15) is 19.2 Å². The van der Waals surface area contributed by atoms with E-state index in [2.05, 4.69) is 36.4 Å². The third kappa shape index (κ3) is 4.41. The summed E-state index contributed by atoms with van der Waals surface area (Å²) in [5.41, 5.74) is 2.64. The van der Waals surface area contributed by atoms with Crippen LogP contribution in [-0.4, -0.2) is 52.3 Å². The zero-order valence-corrected chi connectivity index (χ0v) is 32.3. The van der Waals surface area contributed by atoms with E-state index >= 15 is 0 Å². The van der Waals surface area contributed by atoms with E-state index in [-0.39, 0.29) is 25.7 Å². The van der Waals surface area contributed by atoms with E-state index < -0.39 is 34.7 Å². The van der Waals surface area contributed by atoms with Gasteiger partial charge in [0.15, 0.2) is 10.8 Å². The maximum Gasteiger partial charge on any atom is 0.323 e. The molecule has 9 rings (SSSR count). The first kappa shape index (κ1) is 34.4. The van der Waals surface area contributed by atoms with Gasteiger partial charge >= 0.3 is 23.9 Å². The van der Waals surface area contributed by atoms with Crippen LogP contribution in [0.25, 0.3) is 20.2 Å². The molecule has 0 aliphatic heterocycles. The first-order chi connectivity index (χ1) is 26.0. The average Bonchev–Trinajstić information content (AvgIpc) is 3.98. The van der Waals surface area contributed by atoms with Crippen LogP contribution in [0.5, 0.6) is 0 Å². The highest BCUT2D eigenvalue weighted by Gasteiger charge is 2.54. The summed E-state index contributed by atoms with van der Waals surface area (Å²) in [6, 6.07) is 21.1. The van der Waals surface area contributed by atoms with E-state index in [0.717, 1.165) is 93.9 Å². The Hall–Kier alpha value is -5.32. The second-order valence-electron chi connectivity index (χ2n) is 14.6. The Morgan fingerprint density at radius 3 is 1.19 bits per heavy atom. The highest BCUT2D eigenvalue weighted by molar-refractivity contribution is 7.17. The Labute approximate surface area is 316 Å². The molecule has 0 atom stereocenters. The predicted octanol–water partition coefficient (Wildman–Crippen LogP) is 7.06. The first-order valence-electron chi connectivity index (χ1n) is 17.7. The molecule has 0 radical (unpaired) electrons. The van der Waals surface area contributed by atoms with Crippen molar-refractivity contribution in [3.05, 3.63) is 134 Å². The summed E-state index contributed by atoms with van der Waals surface area (Å²) in [5.74, 6) is -2.45. The highest BCUT2D eigenvalue weighted by Crippen LogP contribution is 2.45. The zero-order valence-electron chi connectivity index (χ0n) is 30.7. The predicted molar refractivity (Wildman–Crippen MR) is 204 cm³/mol. The van der Waals surface area contributed by atoms with Gasteiger partial charge in [0.25, 0.3) is 0 Å². The fourth-order valence-corrected chi connectivity index (χ4v) is 12.0. The number of thiophene rings is 2. The van der Waals surface area contributed by atoms with Gasteiger partial charge < -0.3 is 18.9 Å². The lowest BCUT2D eigenvalue weighted by molar-refractivity contribution is -0.170. The van der Waals surface area contributed by atoms with Gasteiger partial charge in [-0.05, 0) is 81.9 Å². The van der Waals surface area contributed by atoms with Crippen LogP contribution in [0.15, 0.2) is 60.7 Å². The number of fused-ring (bicyclic) bond motifs is 12. The number of carbonyl (C=O) groups excluding carboxylic acids is 4. The number of rotatable bonds is 4. The van der Waals surface area contributed by atoms with Crippen LogP contribution in [0.1, 0.15) is 33.4 Å². The second-order valence-corrected chi connectivity index (χ2v) is 16.7. The van der Waals surface area contributed by atoms with Crippen LogP contribution in [0.3, 0.4) is 0 Å². The van der Waals surface area contributed by atoms with Crippen molar-refractivity contribution >= 4 is 66.7 Å². The Kier molecular flexibility index (Phi) is 7.72. The van der Waals surface area contributed by atoms with Crippen molar-refractivity contribution < 1.29 is 38.1 Å². The van der Waals surface area contributed by atoms with Crippen molar-refractivity contribution in [2.75, 3.05) is 28.4 Å². The summed E-state index contributed by atoms with van der Waals surface area (Å²) in [5, 5.41) is 8.17. The normalized spacial score (nSPS) is 18.2. The molecule has 2 aromatic heterocycles. The molecule has 0 saturated heterocycles. The molecule has 3 aliphatic rings. The molecule has 0 saturated carbocycles. The van der Waals surface area contributed by atoms with Gasteiger partial charge in [-0.15, -0.1) is 22.7 Å². The summed E-state index contributed by atoms with van der Waals surface area (Å²) >= 11 is 3.39. The molecule has 4 aromatic carbocycles. The lowest BCUT2D eigenvalue weighted by Gasteiger charge is -2.22. The number of hydrogen-bond donors (Lipinski definition) is 0. The molecule has 6 aromatic rings. The molecule has 3 aliphatic carbocycles. The standard InChI is InChI=1S/C44H36O8S2/c1-21-15-25-33(29-19-43(17-27(21)29,39(45)49-3)40(46)50-4)35-23-11-7-10-14-32(23)54-38(35)26-16-22(2)28-18-44(41(47)51-5,42(48)52-6)20-30(28)34(26)36-24-12-8-9-13-31(24)53-37(25)36/h7-16H,17-20H2,1-6H3/b35-33+,36-34+,37-25+,38-26+. The van der Waals surface area contributed by atoms with Crippen LogP contribution in [0.2, 0.25) is 0 Å². The van der Waals surface area contributed by atoms with E-state index in [1.165, 1.54) is 28.4 Å². The third-order valence-electron chi connectivity index (χ3n) is 11.9. The maximum absolute atomic E-state index is 13.6. The van der Waals surface area contributed by atoms with Gasteiger partial charge in [-0.3, -0.25) is 19.2 Å². The molecule has 10 heteroatoms. The Bertz CT molecular complexity index is 2880. The molecule has 2 heterocycles. The molecule has 0 unspecified atom stereocenters. The molecular formula is C44H36O8S2.